The number of hydrogen-bond donors (Lipinski definition) is 1. The molecule has 0 fully saturated rings. The average Bonchev–Trinajstić information content (AvgIpc) is 2.39. The number of unbranched alkanes of at least 4 members (excludes halogenated alkanes) is 1. The van der Waals surface area contributed by atoms with Gasteiger partial charge in [0.15, 0.2) is 0 Å². The highest BCUT2D eigenvalue weighted by Crippen LogP contribution is 2.35. The summed E-state index contributed by atoms with van der Waals surface area (Å²) in [6.45, 7) is 12.0. The summed E-state index contributed by atoms with van der Waals surface area (Å²) in [4.78, 5) is 12.4. The van der Waals surface area contributed by atoms with Crippen molar-refractivity contribution in [3.8, 4) is 0 Å². The van der Waals surface area contributed by atoms with Crippen molar-refractivity contribution in [3.63, 3.8) is 0 Å². The van der Waals surface area contributed by atoms with Crippen molar-refractivity contribution in [1.29, 1.82) is 0 Å². The average molecular weight is 388 g/mol. The Kier molecular flexibility index (Phi) is 9.11. The van der Waals surface area contributed by atoms with Crippen molar-refractivity contribution >= 4 is 17.0 Å². The zero-order chi connectivity index (χ0) is 20.1. The van der Waals surface area contributed by atoms with Crippen molar-refractivity contribution in [1.82, 2.24) is 4.72 Å². The molecule has 0 aliphatic heterocycles. The van der Waals surface area contributed by atoms with E-state index in [9.17, 15) is 22.2 Å². The SMILES string of the molecule is CCCCOC(=O)[C@H](CC(C)(C)C)[C@@H](N[S@](=O)C(C)(C)C)C(F)(F)F. The number of carbonyl (C=O) groups excluding carboxylic acids is 1. The van der Waals surface area contributed by atoms with Crippen molar-refractivity contribution in [2.24, 2.45) is 11.3 Å². The summed E-state index contributed by atoms with van der Waals surface area (Å²) in [6, 6.07) is -2.22. The fourth-order valence-electron chi connectivity index (χ4n) is 2.09. The van der Waals surface area contributed by atoms with Crippen LogP contribution in [0.3, 0.4) is 0 Å². The molecule has 1 N–H and O–H groups in total. The van der Waals surface area contributed by atoms with Gasteiger partial charge >= 0.3 is 12.1 Å². The molecule has 25 heavy (non-hydrogen) atoms. The highest BCUT2D eigenvalue weighted by atomic mass is 32.2. The molecule has 0 amide bonds. The molecule has 0 bridgehead atoms. The Morgan fingerprint density at radius 3 is 2.00 bits per heavy atom. The van der Waals surface area contributed by atoms with Gasteiger partial charge in [-0.25, -0.2) is 8.93 Å². The minimum atomic E-state index is -4.72. The molecule has 150 valence electrons. The number of esters is 1. The summed E-state index contributed by atoms with van der Waals surface area (Å²) in [5.41, 5.74) is -0.525. The van der Waals surface area contributed by atoms with E-state index in [1.165, 1.54) is 0 Å². The van der Waals surface area contributed by atoms with Gasteiger partial charge in [0.05, 0.1) is 28.3 Å². The summed E-state index contributed by atoms with van der Waals surface area (Å²) in [5, 5.41) is 0. The molecule has 0 heterocycles. The molecule has 0 rings (SSSR count). The van der Waals surface area contributed by atoms with E-state index in [2.05, 4.69) is 4.72 Å². The fraction of sp³-hybridized carbons (Fsp3) is 0.941. The predicted molar refractivity (Wildman–Crippen MR) is 94.3 cm³/mol. The van der Waals surface area contributed by atoms with E-state index in [1.807, 2.05) is 6.92 Å². The van der Waals surface area contributed by atoms with Crippen LogP contribution in [-0.4, -0.2) is 33.8 Å². The van der Waals surface area contributed by atoms with Crippen LogP contribution in [0, 0.1) is 11.3 Å². The summed E-state index contributed by atoms with van der Waals surface area (Å²) in [6.07, 6.45) is -3.39. The van der Waals surface area contributed by atoms with Gasteiger partial charge in [-0.15, -0.1) is 0 Å². The standard InChI is InChI=1S/C17H32F3NO3S/c1-8-9-10-24-14(22)12(11-15(2,3)4)13(17(18,19)20)21-25(23)16(5,6)7/h12-13,21H,8-11H2,1-7H3/t12-,13-,25-/m1/s1. The van der Waals surface area contributed by atoms with Gasteiger partial charge in [0.1, 0.15) is 6.04 Å². The van der Waals surface area contributed by atoms with Gasteiger partial charge < -0.3 is 4.74 Å². The molecular formula is C17H32F3NO3S. The van der Waals surface area contributed by atoms with E-state index >= 15 is 0 Å². The van der Waals surface area contributed by atoms with E-state index in [0.29, 0.717) is 6.42 Å². The van der Waals surface area contributed by atoms with Crippen LogP contribution in [0.5, 0.6) is 0 Å². The molecule has 0 aliphatic rings. The van der Waals surface area contributed by atoms with Gasteiger partial charge in [-0.2, -0.15) is 13.2 Å². The molecule has 4 nitrogen and oxygen atoms in total. The fourth-order valence-corrected chi connectivity index (χ4v) is 2.97. The largest absolute Gasteiger partial charge is 0.465 e. The summed E-state index contributed by atoms with van der Waals surface area (Å²) >= 11 is 0. The Morgan fingerprint density at radius 1 is 1.12 bits per heavy atom. The lowest BCUT2D eigenvalue weighted by Crippen LogP contribution is -2.54. The van der Waals surface area contributed by atoms with Gasteiger partial charge in [0, 0.05) is 0 Å². The molecule has 0 aromatic carbocycles. The number of alkyl halides is 3. The first-order chi connectivity index (χ1) is 11.1. The third-order valence-electron chi connectivity index (χ3n) is 3.42. The van der Waals surface area contributed by atoms with E-state index < -0.39 is 45.3 Å². The van der Waals surface area contributed by atoms with Crippen molar-refractivity contribution in [2.75, 3.05) is 6.61 Å². The number of carbonyl (C=O) groups is 1. The Morgan fingerprint density at radius 2 is 1.64 bits per heavy atom. The molecule has 0 saturated heterocycles. The van der Waals surface area contributed by atoms with Crippen LogP contribution in [0.25, 0.3) is 0 Å². The zero-order valence-electron chi connectivity index (χ0n) is 16.3. The van der Waals surface area contributed by atoms with Gasteiger partial charge in [0.2, 0.25) is 0 Å². The maximum Gasteiger partial charge on any atom is 0.405 e. The smallest absolute Gasteiger partial charge is 0.405 e. The van der Waals surface area contributed by atoms with Crippen LogP contribution in [-0.2, 0) is 20.5 Å². The molecule has 3 atom stereocenters. The highest BCUT2D eigenvalue weighted by Gasteiger charge is 2.50. The quantitative estimate of drug-likeness (QED) is 0.497. The minimum absolute atomic E-state index is 0.0313. The van der Waals surface area contributed by atoms with E-state index in [-0.39, 0.29) is 13.0 Å². The molecule has 0 aromatic rings. The van der Waals surface area contributed by atoms with Crippen LogP contribution < -0.4 is 4.72 Å². The number of ether oxygens (including phenoxy) is 1. The van der Waals surface area contributed by atoms with Crippen molar-refractivity contribution in [2.45, 2.75) is 84.7 Å². The molecule has 0 aromatic heterocycles. The lowest BCUT2D eigenvalue weighted by molar-refractivity contribution is -0.181. The lowest BCUT2D eigenvalue weighted by Gasteiger charge is -2.33. The number of nitrogens with one attached hydrogen (secondary N) is 1. The topological polar surface area (TPSA) is 55.4 Å². The molecular weight excluding hydrogens is 355 g/mol. The Balaban J connectivity index is 5.60. The first kappa shape index (κ1) is 24.4. The van der Waals surface area contributed by atoms with Crippen LogP contribution >= 0.6 is 0 Å². The lowest BCUT2D eigenvalue weighted by atomic mass is 9.81. The van der Waals surface area contributed by atoms with Gasteiger partial charge in [-0.05, 0) is 39.0 Å². The second-order valence-corrected chi connectivity index (χ2v) is 10.4. The monoisotopic (exact) mass is 387 g/mol. The first-order valence-corrected chi connectivity index (χ1v) is 9.66. The first-order valence-electron chi connectivity index (χ1n) is 8.51. The van der Waals surface area contributed by atoms with Crippen LogP contribution in [0.2, 0.25) is 0 Å². The van der Waals surface area contributed by atoms with Crippen LogP contribution in [0.1, 0.15) is 67.7 Å². The third-order valence-corrected chi connectivity index (χ3v) is 5.00. The molecule has 0 spiro atoms. The second-order valence-electron chi connectivity index (χ2n) is 8.41. The molecule has 0 aliphatic carbocycles. The Bertz CT molecular complexity index is 454. The van der Waals surface area contributed by atoms with Crippen LogP contribution in [0.4, 0.5) is 13.2 Å². The highest BCUT2D eigenvalue weighted by molar-refractivity contribution is 7.84. The molecule has 8 heteroatoms. The van der Waals surface area contributed by atoms with Crippen molar-refractivity contribution < 1.29 is 26.9 Å². The van der Waals surface area contributed by atoms with E-state index in [4.69, 9.17) is 4.74 Å². The number of rotatable bonds is 8. The van der Waals surface area contributed by atoms with E-state index in [0.717, 1.165) is 6.42 Å². The molecule has 0 unspecified atom stereocenters. The summed E-state index contributed by atoms with van der Waals surface area (Å²) in [7, 11) is -1.96. The number of hydrogen-bond acceptors (Lipinski definition) is 3. The van der Waals surface area contributed by atoms with Crippen molar-refractivity contribution in [3.05, 3.63) is 0 Å². The maximum atomic E-state index is 13.6. The minimum Gasteiger partial charge on any atom is -0.465 e. The second kappa shape index (κ2) is 9.35. The third kappa shape index (κ3) is 9.58. The van der Waals surface area contributed by atoms with Crippen LogP contribution in [0.15, 0.2) is 0 Å². The van der Waals surface area contributed by atoms with E-state index in [1.54, 1.807) is 41.5 Å². The predicted octanol–water partition coefficient (Wildman–Crippen LogP) is 4.36. The normalized spacial score (nSPS) is 17.0. The number of halogens is 3. The Hall–Kier alpha value is -0.630. The maximum absolute atomic E-state index is 13.6. The molecule has 0 saturated carbocycles. The van der Waals surface area contributed by atoms with Gasteiger partial charge in [0.25, 0.3) is 0 Å². The Labute approximate surface area is 151 Å². The summed E-state index contributed by atoms with van der Waals surface area (Å²) in [5.74, 6) is -2.35. The zero-order valence-corrected chi connectivity index (χ0v) is 17.1. The molecule has 0 radical (unpaired) electrons. The summed E-state index contributed by atoms with van der Waals surface area (Å²) < 4.78 is 59.4. The van der Waals surface area contributed by atoms with Gasteiger partial charge in [-0.1, -0.05) is 34.1 Å². The van der Waals surface area contributed by atoms with Gasteiger partial charge in [-0.3, -0.25) is 4.79 Å².